The third kappa shape index (κ3) is 3.48. The number of hydrogen-bond acceptors (Lipinski definition) is 3. The summed E-state index contributed by atoms with van der Waals surface area (Å²) in [6.45, 7) is 4.32. The molecule has 2 aromatic heterocycles. The fourth-order valence-corrected chi connectivity index (χ4v) is 3.40. The molecule has 0 amide bonds. The molecule has 0 aliphatic carbocycles. The van der Waals surface area contributed by atoms with Gasteiger partial charge in [0.15, 0.2) is 0 Å². The maximum Gasteiger partial charge on any atom is 0.0650 e. The highest BCUT2D eigenvalue weighted by Crippen LogP contribution is 2.36. The highest BCUT2D eigenvalue weighted by atomic mass is 35.5. The predicted octanol–water partition coefficient (Wildman–Crippen LogP) is 4.63. The van der Waals surface area contributed by atoms with E-state index >= 15 is 0 Å². The second-order valence-electron chi connectivity index (χ2n) is 4.24. The maximum atomic E-state index is 5.95. The van der Waals surface area contributed by atoms with Crippen LogP contribution in [0.3, 0.4) is 0 Å². The van der Waals surface area contributed by atoms with Crippen molar-refractivity contribution in [1.29, 1.82) is 0 Å². The largest absolute Gasteiger partial charge is 0.260 e. The second kappa shape index (κ2) is 6.92. The normalized spacial score (nSPS) is 12.4. The quantitative estimate of drug-likeness (QED) is 0.593. The van der Waals surface area contributed by atoms with Crippen LogP contribution in [0.25, 0.3) is 0 Å². The zero-order chi connectivity index (χ0) is 13.7. The lowest BCUT2D eigenvalue weighted by Crippen LogP contribution is -1.98. The Kier molecular flexibility index (Phi) is 5.23. The fraction of sp³-hybridized carbons (Fsp3) is 0.333. The standard InChI is InChI=1S/C15H17ClN2S/c1-3-12-14(10-16)18-9-7-15(12)19-11(2)13-6-4-5-8-17-13/h4-9,11H,3,10H2,1-2H3. The van der Waals surface area contributed by atoms with E-state index in [1.54, 1.807) is 0 Å². The van der Waals surface area contributed by atoms with E-state index in [-0.39, 0.29) is 0 Å². The number of pyridine rings is 2. The molecule has 0 bridgehead atoms. The Bertz CT molecular complexity index is 531. The molecule has 0 fully saturated rings. The molecular formula is C15H17ClN2S. The molecular weight excluding hydrogens is 276 g/mol. The van der Waals surface area contributed by atoms with Gasteiger partial charge >= 0.3 is 0 Å². The highest BCUT2D eigenvalue weighted by molar-refractivity contribution is 7.99. The Morgan fingerprint density at radius 1 is 1.21 bits per heavy atom. The summed E-state index contributed by atoms with van der Waals surface area (Å²) in [7, 11) is 0. The number of nitrogens with zero attached hydrogens (tertiary/aromatic N) is 2. The Morgan fingerprint density at radius 2 is 2.05 bits per heavy atom. The summed E-state index contributed by atoms with van der Waals surface area (Å²) in [5.74, 6) is 0.468. The van der Waals surface area contributed by atoms with Gasteiger partial charge < -0.3 is 0 Å². The number of rotatable bonds is 5. The van der Waals surface area contributed by atoms with Crippen LogP contribution in [0.5, 0.6) is 0 Å². The molecule has 2 nitrogen and oxygen atoms in total. The molecule has 100 valence electrons. The summed E-state index contributed by atoms with van der Waals surface area (Å²) in [5.41, 5.74) is 3.34. The number of aromatic nitrogens is 2. The molecule has 2 rings (SSSR count). The summed E-state index contributed by atoms with van der Waals surface area (Å²) in [6.07, 6.45) is 4.63. The van der Waals surface area contributed by atoms with Crippen molar-refractivity contribution in [3.05, 3.63) is 53.6 Å². The van der Waals surface area contributed by atoms with Crippen LogP contribution in [0.15, 0.2) is 41.6 Å². The van der Waals surface area contributed by atoms with Gasteiger partial charge in [-0.15, -0.1) is 23.4 Å². The lowest BCUT2D eigenvalue weighted by atomic mass is 10.1. The Balaban J connectivity index is 2.24. The van der Waals surface area contributed by atoms with E-state index in [0.717, 1.165) is 17.8 Å². The predicted molar refractivity (Wildman–Crippen MR) is 81.7 cm³/mol. The average Bonchev–Trinajstić information content (AvgIpc) is 2.47. The molecule has 1 atom stereocenters. The summed E-state index contributed by atoms with van der Waals surface area (Å²) in [4.78, 5) is 10.0. The number of hydrogen-bond donors (Lipinski definition) is 0. The monoisotopic (exact) mass is 292 g/mol. The molecule has 0 aliphatic rings. The van der Waals surface area contributed by atoms with Crippen molar-refractivity contribution in [2.75, 3.05) is 0 Å². The van der Waals surface area contributed by atoms with Crippen molar-refractivity contribution in [3.8, 4) is 0 Å². The van der Waals surface area contributed by atoms with E-state index in [4.69, 9.17) is 11.6 Å². The first-order valence-electron chi connectivity index (χ1n) is 6.36. The lowest BCUT2D eigenvalue weighted by molar-refractivity contribution is 0.967. The van der Waals surface area contributed by atoms with E-state index in [2.05, 4.69) is 35.9 Å². The Labute approximate surface area is 123 Å². The van der Waals surface area contributed by atoms with Crippen LogP contribution in [0, 0.1) is 0 Å². The van der Waals surface area contributed by atoms with Gasteiger partial charge in [0.25, 0.3) is 0 Å². The van der Waals surface area contributed by atoms with Gasteiger partial charge in [0.1, 0.15) is 0 Å². The number of thioether (sulfide) groups is 1. The van der Waals surface area contributed by atoms with Crippen LogP contribution in [-0.4, -0.2) is 9.97 Å². The van der Waals surface area contributed by atoms with E-state index < -0.39 is 0 Å². The maximum absolute atomic E-state index is 5.95. The Morgan fingerprint density at radius 3 is 2.68 bits per heavy atom. The van der Waals surface area contributed by atoms with Crippen LogP contribution >= 0.6 is 23.4 Å². The first-order chi connectivity index (χ1) is 9.26. The second-order valence-corrected chi connectivity index (χ2v) is 5.89. The molecule has 0 radical (unpaired) electrons. The third-order valence-corrected chi connectivity index (χ3v) is 4.47. The summed E-state index contributed by atoms with van der Waals surface area (Å²) in [6, 6.07) is 8.10. The van der Waals surface area contributed by atoms with Gasteiger partial charge in [-0.3, -0.25) is 9.97 Å². The van der Waals surface area contributed by atoms with Crippen molar-refractivity contribution in [2.24, 2.45) is 0 Å². The first kappa shape index (κ1) is 14.4. The van der Waals surface area contributed by atoms with E-state index in [9.17, 15) is 0 Å². The molecule has 0 aromatic carbocycles. The van der Waals surface area contributed by atoms with Crippen molar-refractivity contribution in [3.63, 3.8) is 0 Å². The third-order valence-electron chi connectivity index (χ3n) is 2.99. The minimum absolute atomic E-state index is 0.317. The van der Waals surface area contributed by atoms with Gasteiger partial charge in [0.05, 0.1) is 17.3 Å². The molecule has 2 heterocycles. The summed E-state index contributed by atoms with van der Waals surface area (Å²) in [5, 5.41) is 0.317. The molecule has 0 N–H and O–H groups in total. The number of alkyl halides is 1. The molecule has 19 heavy (non-hydrogen) atoms. The van der Waals surface area contributed by atoms with Crippen molar-refractivity contribution < 1.29 is 0 Å². The zero-order valence-corrected chi connectivity index (χ0v) is 12.7. The SMILES string of the molecule is CCc1c(SC(C)c2ccccn2)ccnc1CCl. The van der Waals surface area contributed by atoms with Crippen molar-refractivity contribution in [2.45, 2.75) is 36.3 Å². The highest BCUT2D eigenvalue weighted by Gasteiger charge is 2.13. The van der Waals surface area contributed by atoms with Gasteiger partial charge in [0.2, 0.25) is 0 Å². The smallest absolute Gasteiger partial charge is 0.0650 e. The van der Waals surface area contributed by atoms with Crippen molar-refractivity contribution >= 4 is 23.4 Å². The van der Waals surface area contributed by atoms with Gasteiger partial charge in [-0.05, 0) is 37.1 Å². The number of halogens is 1. The topological polar surface area (TPSA) is 25.8 Å². The molecule has 0 saturated carbocycles. The minimum Gasteiger partial charge on any atom is -0.260 e. The van der Waals surface area contributed by atoms with Crippen LogP contribution < -0.4 is 0 Å². The van der Waals surface area contributed by atoms with Crippen LogP contribution in [0.2, 0.25) is 0 Å². The van der Waals surface area contributed by atoms with Gasteiger partial charge in [0, 0.05) is 22.5 Å². The molecule has 4 heteroatoms. The summed E-state index contributed by atoms with van der Waals surface area (Å²) >= 11 is 7.77. The molecule has 0 spiro atoms. The first-order valence-corrected chi connectivity index (χ1v) is 7.78. The molecule has 0 aliphatic heterocycles. The van der Waals surface area contributed by atoms with E-state index in [1.807, 2.05) is 36.3 Å². The van der Waals surface area contributed by atoms with E-state index in [1.165, 1.54) is 10.5 Å². The Hall–Kier alpha value is -1.06. The van der Waals surface area contributed by atoms with E-state index in [0.29, 0.717) is 11.1 Å². The molecule has 0 saturated heterocycles. The van der Waals surface area contributed by atoms with Crippen LogP contribution in [0.4, 0.5) is 0 Å². The molecule has 1 unspecified atom stereocenters. The van der Waals surface area contributed by atoms with Gasteiger partial charge in [-0.25, -0.2) is 0 Å². The fourth-order valence-electron chi connectivity index (χ4n) is 1.99. The molecule has 2 aromatic rings. The average molecular weight is 293 g/mol. The van der Waals surface area contributed by atoms with Crippen LogP contribution in [-0.2, 0) is 12.3 Å². The summed E-state index contributed by atoms with van der Waals surface area (Å²) < 4.78 is 0. The lowest BCUT2D eigenvalue weighted by Gasteiger charge is -2.15. The minimum atomic E-state index is 0.317. The van der Waals surface area contributed by atoms with Gasteiger partial charge in [-0.1, -0.05) is 13.0 Å². The van der Waals surface area contributed by atoms with Crippen molar-refractivity contribution in [1.82, 2.24) is 9.97 Å². The van der Waals surface area contributed by atoms with Crippen LogP contribution in [0.1, 0.15) is 36.0 Å². The zero-order valence-electron chi connectivity index (χ0n) is 11.1. The van der Waals surface area contributed by atoms with Gasteiger partial charge in [-0.2, -0.15) is 0 Å².